The third kappa shape index (κ3) is 4.69. The zero-order chi connectivity index (χ0) is 27.1. The molecule has 10 nitrogen and oxygen atoms in total. The number of methoxy groups -OCH3 is 1. The number of aromatic nitrogens is 4. The molecule has 1 amide bonds. The van der Waals surface area contributed by atoms with E-state index in [4.69, 9.17) is 14.5 Å². The molecule has 0 fully saturated rings. The smallest absolute Gasteiger partial charge is 0.433 e. The number of nitrogens with one attached hydrogen (secondary N) is 1. The molecule has 0 saturated carbocycles. The van der Waals surface area contributed by atoms with E-state index in [1.165, 1.54) is 6.07 Å². The Labute approximate surface area is 216 Å². The maximum atomic E-state index is 13.3. The highest BCUT2D eigenvalue weighted by atomic mass is 19.4. The molecule has 2 aliphatic heterocycles. The molecule has 3 aromatic rings. The number of aryl methyl sites for hydroxylation is 1. The van der Waals surface area contributed by atoms with Gasteiger partial charge >= 0.3 is 6.18 Å². The van der Waals surface area contributed by atoms with Gasteiger partial charge in [0.25, 0.3) is 5.91 Å². The lowest BCUT2D eigenvalue weighted by atomic mass is 9.93. The van der Waals surface area contributed by atoms with Gasteiger partial charge in [-0.2, -0.15) is 18.2 Å². The van der Waals surface area contributed by atoms with Crippen LogP contribution in [0.5, 0.6) is 11.6 Å². The van der Waals surface area contributed by atoms with Crippen molar-refractivity contribution < 1.29 is 27.4 Å². The first kappa shape index (κ1) is 25.6. The molecular weight excluding hydrogens is 503 g/mol. The second kappa shape index (κ2) is 9.71. The quantitative estimate of drug-likeness (QED) is 0.489. The van der Waals surface area contributed by atoms with Crippen LogP contribution in [0.1, 0.15) is 30.3 Å². The Bertz CT molecular complexity index is 1340. The second-order valence-electron chi connectivity index (χ2n) is 9.33. The van der Waals surface area contributed by atoms with E-state index in [0.717, 1.165) is 42.0 Å². The van der Waals surface area contributed by atoms with Gasteiger partial charge in [-0.3, -0.25) is 4.79 Å². The molecule has 13 heteroatoms. The first-order valence-electron chi connectivity index (χ1n) is 12.0. The van der Waals surface area contributed by atoms with Gasteiger partial charge in [0, 0.05) is 39.5 Å². The predicted molar refractivity (Wildman–Crippen MR) is 132 cm³/mol. The molecule has 0 saturated heterocycles. The summed E-state index contributed by atoms with van der Waals surface area (Å²) in [6.07, 6.45) is -0.375. The molecule has 5 heterocycles. The van der Waals surface area contributed by atoms with Crippen LogP contribution in [-0.2, 0) is 28.7 Å². The molecular formula is C25H26F3N7O3. The monoisotopic (exact) mass is 529 g/mol. The van der Waals surface area contributed by atoms with Crippen LogP contribution in [0.25, 0.3) is 0 Å². The Hall–Kier alpha value is -4.00. The number of likely N-dealkylation sites (N-methyl/N-ethyl adjacent to an activating group) is 1. The van der Waals surface area contributed by atoms with E-state index in [-0.39, 0.29) is 24.1 Å². The molecule has 3 aromatic heterocycles. The summed E-state index contributed by atoms with van der Waals surface area (Å²) < 4.78 is 48.9. The largest absolute Gasteiger partial charge is 0.437 e. The summed E-state index contributed by atoms with van der Waals surface area (Å²) in [6.45, 7) is 3.06. The topological polar surface area (TPSA) is 106 Å². The average molecular weight is 530 g/mol. The van der Waals surface area contributed by atoms with Crippen molar-refractivity contribution in [2.45, 2.75) is 38.0 Å². The Balaban J connectivity index is 1.29. The molecule has 0 aliphatic carbocycles. The highest BCUT2D eigenvalue weighted by molar-refractivity contribution is 6.08. The van der Waals surface area contributed by atoms with Gasteiger partial charge in [0.15, 0.2) is 5.82 Å². The lowest BCUT2D eigenvalue weighted by Crippen LogP contribution is -2.64. The molecule has 0 bridgehead atoms. The molecule has 0 aromatic carbocycles. The number of nitrogens with zero attached hydrogens (tertiary/aromatic N) is 6. The molecule has 0 spiro atoms. The van der Waals surface area contributed by atoms with Gasteiger partial charge in [0.05, 0.1) is 18.5 Å². The minimum atomic E-state index is -4.51. The summed E-state index contributed by atoms with van der Waals surface area (Å²) in [7, 11) is 3.41. The second-order valence-corrected chi connectivity index (χ2v) is 9.33. The van der Waals surface area contributed by atoms with Crippen LogP contribution in [0.3, 0.4) is 0 Å². The SMILES string of the molecule is COC[C@@]1(C)C(=O)N2CCCc3nc(NCc4ccc(Oc5ccc(C(F)(F)F)nc5)nc4)nc(c32)N1C. The number of hydrogen-bond acceptors (Lipinski definition) is 9. The number of halogens is 3. The molecule has 2 aliphatic rings. The van der Waals surface area contributed by atoms with E-state index < -0.39 is 17.4 Å². The first-order valence-corrected chi connectivity index (χ1v) is 12.0. The van der Waals surface area contributed by atoms with Gasteiger partial charge in [0.2, 0.25) is 11.8 Å². The molecule has 1 atom stereocenters. The number of pyridine rings is 2. The van der Waals surface area contributed by atoms with E-state index in [1.54, 1.807) is 30.3 Å². The Morgan fingerprint density at radius 2 is 1.95 bits per heavy atom. The minimum Gasteiger partial charge on any atom is -0.437 e. The number of alkyl halides is 3. The van der Waals surface area contributed by atoms with E-state index in [1.807, 2.05) is 18.9 Å². The molecule has 0 unspecified atom stereocenters. The standard InChI is InChI=1S/C25H26F3N7O3/c1-24(14-37-3)22(36)35-10-4-5-17-20(35)21(34(24)2)33-23(32-17)31-12-15-6-9-19(30-11-15)38-16-7-8-18(29-13-16)25(26,27)28/h6-9,11,13H,4-5,10,12,14H2,1-3H3,(H,31,32,33)/t24-/m0/s1. The van der Waals surface area contributed by atoms with Gasteiger partial charge in [-0.1, -0.05) is 6.07 Å². The zero-order valence-corrected chi connectivity index (χ0v) is 21.0. The van der Waals surface area contributed by atoms with Crippen molar-refractivity contribution in [1.29, 1.82) is 0 Å². The van der Waals surface area contributed by atoms with Crippen LogP contribution in [-0.4, -0.2) is 58.7 Å². The Morgan fingerprint density at radius 1 is 1.13 bits per heavy atom. The third-order valence-electron chi connectivity index (χ3n) is 6.69. The van der Waals surface area contributed by atoms with E-state index in [9.17, 15) is 18.0 Å². The van der Waals surface area contributed by atoms with Crippen molar-refractivity contribution in [3.05, 3.63) is 53.6 Å². The van der Waals surface area contributed by atoms with Crippen molar-refractivity contribution in [3.8, 4) is 11.6 Å². The lowest BCUT2D eigenvalue weighted by molar-refractivity contribution is -0.141. The maximum absolute atomic E-state index is 13.3. The van der Waals surface area contributed by atoms with E-state index >= 15 is 0 Å². The molecule has 1 N–H and O–H groups in total. The lowest BCUT2D eigenvalue weighted by Gasteiger charge is -2.48. The number of rotatable bonds is 7. The van der Waals surface area contributed by atoms with Gasteiger partial charge in [-0.15, -0.1) is 0 Å². The van der Waals surface area contributed by atoms with Crippen molar-refractivity contribution >= 4 is 23.4 Å². The summed E-state index contributed by atoms with van der Waals surface area (Å²) in [5.74, 6) is 1.43. The van der Waals surface area contributed by atoms with E-state index in [0.29, 0.717) is 24.9 Å². The third-order valence-corrected chi connectivity index (χ3v) is 6.69. The summed E-state index contributed by atoms with van der Waals surface area (Å²) in [5.41, 5.74) is 0.503. The number of anilines is 3. The highest BCUT2D eigenvalue weighted by Crippen LogP contribution is 2.43. The average Bonchev–Trinajstić information content (AvgIpc) is 2.90. The van der Waals surface area contributed by atoms with Crippen LogP contribution < -0.4 is 19.9 Å². The summed E-state index contributed by atoms with van der Waals surface area (Å²) >= 11 is 0. The predicted octanol–water partition coefficient (Wildman–Crippen LogP) is 3.82. The molecule has 200 valence electrons. The highest BCUT2D eigenvalue weighted by Gasteiger charge is 2.49. The van der Waals surface area contributed by atoms with Crippen LogP contribution in [0.2, 0.25) is 0 Å². The number of ether oxygens (including phenoxy) is 2. The molecule has 38 heavy (non-hydrogen) atoms. The fraction of sp³-hybridized carbons (Fsp3) is 0.400. The van der Waals surface area contributed by atoms with Crippen molar-refractivity contribution in [2.24, 2.45) is 0 Å². The van der Waals surface area contributed by atoms with Crippen LogP contribution in [0, 0.1) is 0 Å². The van der Waals surface area contributed by atoms with Gasteiger partial charge < -0.3 is 24.6 Å². The number of carbonyl (C=O) groups is 1. The summed E-state index contributed by atoms with van der Waals surface area (Å²) in [6, 6.07) is 5.43. The van der Waals surface area contributed by atoms with Crippen molar-refractivity contribution in [1.82, 2.24) is 19.9 Å². The summed E-state index contributed by atoms with van der Waals surface area (Å²) in [4.78, 5) is 33.9. The van der Waals surface area contributed by atoms with Gasteiger partial charge in [-0.05, 0) is 37.5 Å². The Morgan fingerprint density at radius 3 is 2.61 bits per heavy atom. The number of carbonyl (C=O) groups excluding carboxylic acids is 1. The van der Waals surface area contributed by atoms with Crippen LogP contribution in [0.15, 0.2) is 36.7 Å². The molecule has 5 rings (SSSR count). The van der Waals surface area contributed by atoms with Crippen molar-refractivity contribution in [3.63, 3.8) is 0 Å². The normalized spacial score (nSPS) is 18.8. The maximum Gasteiger partial charge on any atom is 0.433 e. The number of amides is 1. The van der Waals surface area contributed by atoms with Crippen LogP contribution >= 0.6 is 0 Å². The Kier molecular flexibility index (Phi) is 6.55. The first-order chi connectivity index (χ1) is 18.1. The summed E-state index contributed by atoms with van der Waals surface area (Å²) in [5, 5.41) is 3.22. The fourth-order valence-corrected chi connectivity index (χ4v) is 4.56. The van der Waals surface area contributed by atoms with E-state index in [2.05, 4.69) is 20.3 Å². The minimum absolute atomic E-state index is 0.0277. The number of hydrogen-bond donors (Lipinski definition) is 1. The van der Waals surface area contributed by atoms with Crippen LogP contribution in [0.4, 0.5) is 30.6 Å². The van der Waals surface area contributed by atoms with Gasteiger partial charge in [0.1, 0.15) is 22.7 Å². The fourth-order valence-electron chi connectivity index (χ4n) is 4.56. The van der Waals surface area contributed by atoms with Gasteiger partial charge in [-0.25, -0.2) is 15.0 Å². The zero-order valence-electron chi connectivity index (χ0n) is 21.0. The molecule has 0 radical (unpaired) electrons. The van der Waals surface area contributed by atoms with Crippen molar-refractivity contribution in [2.75, 3.05) is 42.4 Å².